The predicted octanol–water partition coefficient (Wildman–Crippen LogP) is 2.21. The van der Waals surface area contributed by atoms with E-state index in [0.29, 0.717) is 6.42 Å². The summed E-state index contributed by atoms with van der Waals surface area (Å²) in [5, 5.41) is 27.6. The lowest BCUT2D eigenvalue weighted by molar-refractivity contribution is -0.166. The van der Waals surface area contributed by atoms with Gasteiger partial charge in [-0.3, -0.25) is 4.79 Å². The van der Waals surface area contributed by atoms with Gasteiger partial charge in [0.15, 0.2) is 5.60 Å². The van der Waals surface area contributed by atoms with Crippen LogP contribution in [-0.4, -0.2) is 32.9 Å². The van der Waals surface area contributed by atoms with Crippen LogP contribution in [0.3, 0.4) is 0 Å². The Kier molecular flexibility index (Phi) is 5.12. The van der Waals surface area contributed by atoms with Crippen LogP contribution < -0.4 is 0 Å². The van der Waals surface area contributed by atoms with Crippen molar-refractivity contribution in [3.8, 4) is 0 Å². The second-order valence-corrected chi connectivity index (χ2v) is 6.35. The molecule has 0 saturated heterocycles. The lowest BCUT2D eigenvalue weighted by Gasteiger charge is -2.22. The molecule has 0 aliphatic heterocycles. The van der Waals surface area contributed by atoms with Crippen molar-refractivity contribution < 1.29 is 24.9 Å². The Morgan fingerprint density at radius 3 is 1.95 bits per heavy atom. The molecule has 3 N–H and O–H groups in total. The Morgan fingerprint density at radius 1 is 1.05 bits per heavy atom. The zero-order chi connectivity index (χ0) is 16.3. The molecular formula is C16H22O5. The summed E-state index contributed by atoms with van der Waals surface area (Å²) in [7, 11) is 0. The maximum Gasteiger partial charge on any atom is 0.336 e. The summed E-state index contributed by atoms with van der Waals surface area (Å²) in [4.78, 5) is 21.7. The number of aliphatic hydroxyl groups is 1. The van der Waals surface area contributed by atoms with Crippen LogP contribution in [0.15, 0.2) is 24.3 Å². The van der Waals surface area contributed by atoms with E-state index >= 15 is 0 Å². The van der Waals surface area contributed by atoms with E-state index in [9.17, 15) is 14.7 Å². The predicted molar refractivity (Wildman–Crippen MR) is 78.3 cm³/mol. The van der Waals surface area contributed by atoms with E-state index in [-0.39, 0.29) is 11.8 Å². The highest BCUT2D eigenvalue weighted by atomic mass is 16.4. The van der Waals surface area contributed by atoms with Crippen molar-refractivity contribution in [3.05, 3.63) is 35.4 Å². The van der Waals surface area contributed by atoms with E-state index in [1.165, 1.54) is 0 Å². The van der Waals surface area contributed by atoms with Crippen molar-refractivity contribution in [1.82, 2.24) is 0 Å². The minimum absolute atomic E-state index is 0.0314. The van der Waals surface area contributed by atoms with E-state index in [1.807, 2.05) is 24.3 Å². The third kappa shape index (κ3) is 4.86. The van der Waals surface area contributed by atoms with E-state index in [1.54, 1.807) is 0 Å². The Morgan fingerprint density at radius 2 is 1.57 bits per heavy atom. The molecule has 0 unspecified atom stereocenters. The fraction of sp³-hybridized carbons (Fsp3) is 0.500. The van der Waals surface area contributed by atoms with Gasteiger partial charge in [0.25, 0.3) is 0 Å². The standard InChI is InChI=1S/C16H22O5/c1-15(2,3)12-6-4-11(5-7-12)8-9-16(21,14(19)20)10-13(17)18/h4-7,21H,8-10H2,1-3H3,(H,17,18)(H,19,20)/t16-/m0/s1. The van der Waals surface area contributed by atoms with Crippen LogP contribution in [0.2, 0.25) is 0 Å². The van der Waals surface area contributed by atoms with Gasteiger partial charge in [-0.1, -0.05) is 45.0 Å². The Bertz CT molecular complexity index is 512. The van der Waals surface area contributed by atoms with E-state index in [0.717, 1.165) is 11.1 Å². The zero-order valence-corrected chi connectivity index (χ0v) is 12.6. The molecule has 0 aliphatic carbocycles. The van der Waals surface area contributed by atoms with Crippen molar-refractivity contribution in [1.29, 1.82) is 0 Å². The molecule has 0 amide bonds. The molecule has 1 atom stereocenters. The average molecular weight is 294 g/mol. The highest BCUT2D eigenvalue weighted by Gasteiger charge is 2.38. The molecule has 0 aromatic heterocycles. The van der Waals surface area contributed by atoms with Crippen molar-refractivity contribution in [2.24, 2.45) is 0 Å². The van der Waals surface area contributed by atoms with Crippen LogP contribution in [0, 0.1) is 0 Å². The first-order chi connectivity index (χ1) is 9.54. The van der Waals surface area contributed by atoms with Gasteiger partial charge >= 0.3 is 11.9 Å². The molecule has 1 rings (SSSR count). The maximum absolute atomic E-state index is 11.1. The van der Waals surface area contributed by atoms with Gasteiger partial charge in [-0.05, 0) is 29.4 Å². The number of carbonyl (C=O) groups is 2. The third-order valence-corrected chi connectivity index (χ3v) is 3.49. The lowest BCUT2D eigenvalue weighted by Crippen LogP contribution is -2.41. The molecular weight excluding hydrogens is 272 g/mol. The topological polar surface area (TPSA) is 94.8 Å². The third-order valence-electron chi connectivity index (χ3n) is 3.49. The number of hydrogen-bond donors (Lipinski definition) is 3. The van der Waals surface area contributed by atoms with Crippen LogP contribution in [0.1, 0.15) is 44.7 Å². The van der Waals surface area contributed by atoms with Gasteiger partial charge in [0.2, 0.25) is 0 Å². The van der Waals surface area contributed by atoms with Crippen molar-refractivity contribution >= 4 is 11.9 Å². The van der Waals surface area contributed by atoms with Gasteiger partial charge in [-0.15, -0.1) is 0 Å². The van der Waals surface area contributed by atoms with Crippen LogP contribution in [-0.2, 0) is 21.4 Å². The Balaban J connectivity index is 2.77. The number of hydrogen-bond acceptors (Lipinski definition) is 3. The molecule has 1 aromatic rings. The summed E-state index contributed by atoms with van der Waals surface area (Å²) in [5.41, 5.74) is -0.170. The van der Waals surface area contributed by atoms with E-state index in [4.69, 9.17) is 10.2 Å². The molecule has 0 aliphatic rings. The van der Waals surface area contributed by atoms with Gasteiger partial charge in [0.1, 0.15) is 0 Å². The zero-order valence-electron chi connectivity index (χ0n) is 12.6. The fourth-order valence-electron chi connectivity index (χ4n) is 2.04. The quantitative estimate of drug-likeness (QED) is 0.747. The van der Waals surface area contributed by atoms with E-state index < -0.39 is 24.0 Å². The maximum atomic E-state index is 11.1. The minimum Gasteiger partial charge on any atom is -0.481 e. The first kappa shape index (κ1) is 17.2. The lowest BCUT2D eigenvalue weighted by atomic mass is 9.86. The summed E-state index contributed by atoms with van der Waals surface area (Å²) in [5.74, 6) is -2.83. The van der Waals surface area contributed by atoms with Gasteiger partial charge < -0.3 is 15.3 Å². The number of benzene rings is 1. The SMILES string of the molecule is CC(C)(C)c1ccc(CC[C@](O)(CC(=O)O)C(=O)O)cc1. The molecule has 0 radical (unpaired) electrons. The highest BCUT2D eigenvalue weighted by Crippen LogP contribution is 2.24. The second kappa shape index (κ2) is 6.26. The molecule has 116 valence electrons. The molecule has 1 aromatic carbocycles. The first-order valence-electron chi connectivity index (χ1n) is 6.81. The number of carboxylic acids is 2. The van der Waals surface area contributed by atoms with Gasteiger partial charge in [-0.25, -0.2) is 4.79 Å². The molecule has 0 fully saturated rings. The number of aliphatic carboxylic acids is 2. The van der Waals surface area contributed by atoms with Gasteiger partial charge in [-0.2, -0.15) is 0 Å². The van der Waals surface area contributed by atoms with Crippen molar-refractivity contribution in [2.45, 2.75) is 51.0 Å². The summed E-state index contributed by atoms with van der Waals surface area (Å²) in [6.07, 6.45) is -0.633. The summed E-state index contributed by atoms with van der Waals surface area (Å²) >= 11 is 0. The summed E-state index contributed by atoms with van der Waals surface area (Å²) in [6.45, 7) is 6.29. The largest absolute Gasteiger partial charge is 0.481 e. The minimum atomic E-state index is -2.23. The van der Waals surface area contributed by atoms with Crippen molar-refractivity contribution in [3.63, 3.8) is 0 Å². The molecule has 0 spiro atoms. The average Bonchev–Trinajstić information content (AvgIpc) is 2.35. The molecule has 5 heteroatoms. The second-order valence-electron chi connectivity index (χ2n) is 6.35. The number of rotatable bonds is 6. The molecule has 0 heterocycles. The smallest absolute Gasteiger partial charge is 0.336 e. The molecule has 21 heavy (non-hydrogen) atoms. The van der Waals surface area contributed by atoms with E-state index in [2.05, 4.69) is 20.8 Å². The van der Waals surface area contributed by atoms with Crippen LogP contribution in [0.5, 0.6) is 0 Å². The monoisotopic (exact) mass is 294 g/mol. The summed E-state index contributed by atoms with van der Waals surface area (Å²) in [6, 6.07) is 7.69. The Hall–Kier alpha value is -1.88. The fourth-order valence-corrected chi connectivity index (χ4v) is 2.04. The molecule has 0 saturated carbocycles. The Labute approximate surface area is 124 Å². The van der Waals surface area contributed by atoms with Crippen molar-refractivity contribution in [2.75, 3.05) is 0 Å². The van der Waals surface area contributed by atoms with Gasteiger partial charge in [0, 0.05) is 0 Å². The van der Waals surface area contributed by atoms with Gasteiger partial charge in [0.05, 0.1) is 6.42 Å². The molecule has 5 nitrogen and oxygen atoms in total. The highest BCUT2D eigenvalue weighted by molar-refractivity contribution is 5.83. The summed E-state index contributed by atoms with van der Waals surface area (Å²) < 4.78 is 0. The number of carboxylic acid groups (broad SMARTS) is 2. The van der Waals surface area contributed by atoms with Crippen LogP contribution in [0.4, 0.5) is 0 Å². The first-order valence-corrected chi connectivity index (χ1v) is 6.81. The number of aryl methyl sites for hydroxylation is 1. The molecule has 0 bridgehead atoms. The van der Waals surface area contributed by atoms with Crippen LogP contribution >= 0.6 is 0 Å². The van der Waals surface area contributed by atoms with Crippen LogP contribution in [0.25, 0.3) is 0 Å². The normalized spacial score (nSPS) is 14.5.